The van der Waals surface area contributed by atoms with Crippen LogP contribution in [-0.2, 0) is 28.8 Å². The average molecular weight is 671 g/mol. The predicted octanol–water partition coefficient (Wildman–Crippen LogP) is -2.60. The van der Waals surface area contributed by atoms with Gasteiger partial charge in [0.2, 0.25) is 35.4 Å². The molecule has 0 aliphatic rings. The second-order valence-electron chi connectivity index (χ2n) is 11.3. The number of rotatable bonds is 28. The van der Waals surface area contributed by atoms with Crippen LogP contribution in [0.5, 0.6) is 0 Å². The van der Waals surface area contributed by atoms with Crippen molar-refractivity contribution in [1.29, 1.82) is 0 Å². The molecule has 16 nitrogen and oxygen atoms in total. The van der Waals surface area contributed by atoms with E-state index in [0.717, 1.165) is 6.42 Å². The minimum atomic E-state index is -0.0657. The van der Waals surface area contributed by atoms with E-state index in [2.05, 4.69) is 51.5 Å². The Morgan fingerprint density at radius 3 is 0.638 bits per heavy atom. The van der Waals surface area contributed by atoms with Crippen LogP contribution in [0, 0.1) is 0 Å². The first kappa shape index (κ1) is 43.7. The average Bonchev–Trinajstić information content (AvgIpc) is 3.09. The molecule has 0 radical (unpaired) electrons. The molecule has 0 aliphatic carbocycles. The van der Waals surface area contributed by atoms with Gasteiger partial charge in [-0.1, -0.05) is 0 Å². The second-order valence-corrected chi connectivity index (χ2v) is 11.3. The zero-order chi connectivity index (χ0) is 35.5. The molecule has 272 valence electrons. The molecule has 16 heteroatoms. The lowest BCUT2D eigenvalue weighted by Crippen LogP contribution is -2.42. The summed E-state index contributed by atoms with van der Waals surface area (Å²) in [6.07, 6.45) is 2.78. The van der Waals surface area contributed by atoms with Gasteiger partial charge in [-0.25, -0.2) is 0 Å². The molecule has 0 rings (SSSR count). The minimum Gasteiger partial charge on any atom is -0.359 e. The fourth-order valence-corrected chi connectivity index (χ4v) is 4.73. The molecule has 47 heavy (non-hydrogen) atoms. The number of nitrogens with zero attached hydrogens (tertiary/aromatic N) is 4. The Hall–Kier alpha value is -3.34. The summed E-state index contributed by atoms with van der Waals surface area (Å²) in [6.45, 7) is 7.19. The molecule has 0 unspecified atom stereocenters. The van der Waals surface area contributed by atoms with E-state index in [0.29, 0.717) is 117 Å². The van der Waals surface area contributed by atoms with Crippen molar-refractivity contribution in [2.24, 2.45) is 0 Å². The number of carbonyl (C=O) groups is 6. The van der Waals surface area contributed by atoms with Crippen molar-refractivity contribution >= 4 is 35.4 Å². The topological polar surface area (TPSA) is 188 Å². The smallest absolute Gasteiger partial charge is 0.221 e. The van der Waals surface area contributed by atoms with Gasteiger partial charge in [0, 0.05) is 146 Å². The van der Waals surface area contributed by atoms with Gasteiger partial charge < -0.3 is 51.5 Å². The van der Waals surface area contributed by atoms with Crippen LogP contribution in [0.4, 0.5) is 0 Å². The van der Waals surface area contributed by atoms with Crippen molar-refractivity contribution in [3.05, 3.63) is 0 Å². The predicted molar refractivity (Wildman–Crippen MR) is 182 cm³/mol. The molecule has 0 saturated heterocycles. The Bertz CT molecular complexity index is 826. The normalized spacial score (nSPS) is 11.1. The molecule has 0 spiro atoms. The standard InChI is InChI=1S/C31H62N10O6/c1-32-26(42)8-16-38(22-24-40(18-10-28(44)34-3)19-11-29(45)35-4)14-7-15-39(17-9-27(43)33-2)23-25-41(20-12-30(46)36-5)21-13-31(47)37-6/h7-25H2,1-6H3,(H,32,42)(H,33,43)(H,34,44)(H,35,45)(H,36,46)(H,37,47). The van der Waals surface area contributed by atoms with E-state index in [1.807, 2.05) is 0 Å². The van der Waals surface area contributed by atoms with E-state index < -0.39 is 0 Å². The van der Waals surface area contributed by atoms with Gasteiger partial charge in [0.15, 0.2) is 0 Å². The van der Waals surface area contributed by atoms with Crippen molar-refractivity contribution in [3.63, 3.8) is 0 Å². The first-order chi connectivity index (χ1) is 22.5. The van der Waals surface area contributed by atoms with Gasteiger partial charge in [0.05, 0.1) is 0 Å². The van der Waals surface area contributed by atoms with Crippen LogP contribution in [-0.4, -0.2) is 176 Å². The maximum atomic E-state index is 12.1. The zero-order valence-electron chi connectivity index (χ0n) is 29.7. The molecule has 0 bridgehead atoms. The molecule has 0 aromatic heterocycles. The molecule has 0 heterocycles. The number of carbonyl (C=O) groups excluding carboxylic acids is 6. The summed E-state index contributed by atoms with van der Waals surface area (Å²) in [5.41, 5.74) is 0. The van der Waals surface area contributed by atoms with E-state index in [4.69, 9.17) is 0 Å². The Morgan fingerprint density at radius 2 is 0.468 bits per heavy atom. The molecule has 0 fully saturated rings. The SMILES string of the molecule is CNC(=O)CCN(CCCN(CCC(=O)NC)CCN(CCC(=O)NC)CCC(=O)NC)CCN(CCC(=O)NC)CCC(=O)NC. The minimum absolute atomic E-state index is 0.0492. The summed E-state index contributed by atoms with van der Waals surface area (Å²) in [4.78, 5) is 80.4. The Labute approximate surface area is 281 Å². The van der Waals surface area contributed by atoms with Crippen LogP contribution in [0.1, 0.15) is 44.9 Å². The highest BCUT2D eigenvalue weighted by atomic mass is 16.2. The number of nitrogens with one attached hydrogen (secondary N) is 6. The maximum absolute atomic E-state index is 12.1. The molecule has 6 N–H and O–H groups in total. The molecule has 0 aliphatic heterocycles. The third-order valence-corrected chi connectivity index (χ3v) is 8.02. The largest absolute Gasteiger partial charge is 0.359 e. The van der Waals surface area contributed by atoms with Crippen LogP contribution in [0.25, 0.3) is 0 Å². The highest BCUT2D eigenvalue weighted by Crippen LogP contribution is 2.04. The van der Waals surface area contributed by atoms with Crippen molar-refractivity contribution in [3.8, 4) is 0 Å². The van der Waals surface area contributed by atoms with E-state index in [1.54, 1.807) is 42.3 Å². The third kappa shape index (κ3) is 23.6. The summed E-state index contributed by atoms with van der Waals surface area (Å²) in [7, 11) is 9.63. The second kappa shape index (κ2) is 27.7. The van der Waals surface area contributed by atoms with Gasteiger partial charge in [0.25, 0.3) is 0 Å². The van der Waals surface area contributed by atoms with E-state index >= 15 is 0 Å². The summed E-state index contributed by atoms with van der Waals surface area (Å²) in [5, 5.41) is 15.9. The highest BCUT2D eigenvalue weighted by molar-refractivity contribution is 5.77. The van der Waals surface area contributed by atoms with E-state index in [1.165, 1.54) is 0 Å². The Balaban J connectivity index is 5.49. The van der Waals surface area contributed by atoms with Crippen LogP contribution in [0.15, 0.2) is 0 Å². The van der Waals surface area contributed by atoms with Crippen LogP contribution in [0.2, 0.25) is 0 Å². The van der Waals surface area contributed by atoms with Gasteiger partial charge in [-0.15, -0.1) is 0 Å². The van der Waals surface area contributed by atoms with Gasteiger partial charge in [-0.3, -0.25) is 28.8 Å². The Kier molecular flexibility index (Phi) is 25.8. The molecular weight excluding hydrogens is 608 g/mol. The number of hydrogen-bond donors (Lipinski definition) is 6. The first-order valence-electron chi connectivity index (χ1n) is 16.6. The lowest BCUT2D eigenvalue weighted by Gasteiger charge is -2.30. The lowest BCUT2D eigenvalue weighted by atomic mass is 10.2. The fraction of sp³-hybridized carbons (Fsp3) is 0.806. The molecule has 0 aromatic rings. The van der Waals surface area contributed by atoms with Crippen molar-refractivity contribution in [1.82, 2.24) is 51.5 Å². The quantitative estimate of drug-likeness (QED) is 0.0516. The summed E-state index contributed by atoms with van der Waals surface area (Å²) >= 11 is 0. The fourth-order valence-electron chi connectivity index (χ4n) is 4.73. The summed E-state index contributed by atoms with van der Waals surface area (Å²) in [5.74, 6) is -0.361. The van der Waals surface area contributed by atoms with Crippen molar-refractivity contribution in [2.75, 3.05) is 121 Å². The lowest BCUT2D eigenvalue weighted by molar-refractivity contribution is -0.122. The van der Waals surface area contributed by atoms with Crippen LogP contribution < -0.4 is 31.9 Å². The van der Waals surface area contributed by atoms with E-state index in [9.17, 15) is 28.8 Å². The van der Waals surface area contributed by atoms with Crippen molar-refractivity contribution in [2.45, 2.75) is 44.9 Å². The van der Waals surface area contributed by atoms with Crippen LogP contribution in [0.3, 0.4) is 0 Å². The highest BCUT2D eigenvalue weighted by Gasteiger charge is 2.16. The molecule has 0 atom stereocenters. The van der Waals surface area contributed by atoms with E-state index in [-0.39, 0.29) is 35.4 Å². The van der Waals surface area contributed by atoms with Crippen molar-refractivity contribution < 1.29 is 28.8 Å². The first-order valence-corrected chi connectivity index (χ1v) is 16.6. The zero-order valence-corrected chi connectivity index (χ0v) is 29.7. The maximum Gasteiger partial charge on any atom is 0.221 e. The van der Waals surface area contributed by atoms with Gasteiger partial charge >= 0.3 is 0 Å². The molecule has 0 aromatic carbocycles. The summed E-state index contributed by atoms with van der Waals surface area (Å²) in [6, 6.07) is 0. The van der Waals surface area contributed by atoms with Gasteiger partial charge in [0.1, 0.15) is 0 Å². The summed E-state index contributed by atoms with van der Waals surface area (Å²) < 4.78 is 0. The number of amides is 6. The monoisotopic (exact) mass is 670 g/mol. The van der Waals surface area contributed by atoms with Crippen LogP contribution >= 0.6 is 0 Å². The molecule has 0 saturated carbocycles. The molecule has 6 amide bonds. The van der Waals surface area contributed by atoms with Gasteiger partial charge in [-0.05, 0) is 19.5 Å². The number of hydrogen-bond acceptors (Lipinski definition) is 10. The van der Waals surface area contributed by atoms with Gasteiger partial charge in [-0.2, -0.15) is 0 Å². The Morgan fingerprint density at radius 1 is 0.298 bits per heavy atom. The molecular formula is C31H62N10O6. The third-order valence-electron chi connectivity index (χ3n) is 8.02.